The second-order valence-corrected chi connectivity index (χ2v) is 4.37. The zero-order valence-electron chi connectivity index (χ0n) is 10.4. The fraction of sp³-hybridized carbons (Fsp3) is 0.636. The van der Waals surface area contributed by atoms with Crippen molar-refractivity contribution >= 4 is 0 Å². The number of rotatable bonds is 4. The lowest BCUT2D eigenvalue weighted by atomic mass is 9.99. The molecule has 0 amide bonds. The monoisotopic (exact) mass is 272 g/mol. The molecule has 2 heterocycles. The van der Waals surface area contributed by atoms with Crippen LogP contribution in [0.2, 0.25) is 0 Å². The molecule has 4 unspecified atom stereocenters. The maximum atomic E-state index is 11.7. The van der Waals surface area contributed by atoms with Gasteiger partial charge in [0, 0.05) is 25.3 Å². The van der Waals surface area contributed by atoms with Gasteiger partial charge < -0.3 is 19.7 Å². The molecular weight excluding hydrogens is 256 g/mol. The highest BCUT2D eigenvalue weighted by Gasteiger charge is 2.44. The molecule has 1 aliphatic heterocycles. The number of aromatic nitrogens is 2. The molecule has 3 N–H and O–H groups in total. The Balaban J connectivity index is 2.30. The summed E-state index contributed by atoms with van der Waals surface area (Å²) in [4.78, 5) is 24.7. The van der Waals surface area contributed by atoms with E-state index in [1.54, 1.807) is 0 Å². The van der Waals surface area contributed by atoms with Crippen LogP contribution in [-0.2, 0) is 9.47 Å². The summed E-state index contributed by atoms with van der Waals surface area (Å²) in [5.41, 5.74) is -1.20. The number of nitrogens with one attached hydrogen (secondary N) is 1. The van der Waals surface area contributed by atoms with Gasteiger partial charge in [0.15, 0.2) is 6.23 Å². The van der Waals surface area contributed by atoms with Crippen molar-refractivity contribution in [3.63, 3.8) is 0 Å². The van der Waals surface area contributed by atoms with Gasteiger partial charge in [-0.05, 0) is 0 Å². The third-order valence-corrected chi connectivity index (χ3v) is 3.19. The minimum Gasteiger partial charge on any atom is -0.396 e. The van der Waals surface area contributed by atoms with Gasteiger partial charge in [0.1, 0.15) is 6.10 Å². The number of hydrogen-bond acceptors (Lipinski definition) is 6. The fourth-order valence-corrected chi connectivity index (χ4v) is 2.20. The van der Waals surface area contributed by atoms with Gasteiger partial charge in [0.2, 0.25) is 0 Å². The molecule has 106 valence electrons. The van der Waals surface area contributed by atoms with Gasteiger partial charge in [0.05, 0.1) is 19.3 Å². The predicted molar refractivity (Wildman–Crippen MR) is 63.7 cm³/mol. The van der Waals surface area contributed by atoms with Crippen molar-refractivity contribution in [3.05, 3.63) is 33.1 Å². The number of hydrogen-bond donors (Lipinski definition) is 3. The summed E-state index contributed by atoms with van der Waals surface area (Å²) < 4.78 is 11.6. The predicted octanol–water partition coefficient (Wildman–Crippen LogP) is -1.95. The topological polar surface area (TPSA) is 114 Å². The second kappa shape index (κ2) is 5.66. The Morgan fingerprint density at radius 3 is 2.84 bits per heavy atom. The van der Waals surface area contributed by atoms with Crippen LogP contribution in [0.15, 0.2) is 21.9 Å². The molecule has 8 nitrogen and oxygen atoms in total. The highest BCUT2D eigenvalue weighted by molar-refractivity contribution is 4.92. The number of H-pyrrole nitrogens is 1. The number of methoxy groups -OCH3 is 1. The van der Waals surface area contributed by atoms with E-state index >= 15 is 0 Å². The normalized spacial score (nSPS) is 30.7. The van der Waals surface area contributed by atoms with Crippen molar-refractivity contribution in [3.8, 4) is 0 Å². The van der Waals surface area contributed by atoms with Crippen molar-refractivity contribution in [2.24, 2.45) is 5.92 Å². The highest BCUT2D eigenvalue weighted by atomic mass is 16.6. The number of aliphatic hydroxyl groups is 2. The Bertz CT molecular complexity index is 538. The van der Waals surface area contributed by atoms with Crippen LogP contribution in [0.5, 0.6) is 0 Å². The van der Waals surface area contributed by atoms with Crippen LogP contribution in [0.3, 0.4) is 0 Å². The van der Waals surface area contributed by atoms with Crippen LogP contribution in [-0.4, -0.2) is 52.3 Å². The Morgan fingerprint density at radius 1 is 1.53 bits per heavy atom. The van der Waals surface area contributed by atoms with Crippen LogP contribution in [0.1, 0.15) is 6.23 Å². The van der Waals surface area contributed by atoms with Gasteiger partial charge in [-0.3, -0.25) is 14.3 Å². The Hall–Kier alpha value is -1.48. The SMILES string of the molecule is COCC1OC(n2ccc(=O)[nH]c2=O)C(O)C1CO. The number of ether oxygens (including phenoxy) is 2. The van der Waals surface area contributed by atoms with Gasteiger partial charge in [0.25, 0.3) is 5.56 Å². The maximum absolute atomic E-state index is 11.7. The van der Waals surface area contributed by atoms with Crippen molar-refractivity contribution < 1.29 is 19.7 Å². The summed E-state index contributed by atoms with van der Waals surface area (Å²) in [7, 11) is 1.48. The average Bonchev–Trinajstić information content (AvgIpc) is 2.66. The number of aliphatic hydroxyl groups excluding tert-OH is 2. The van der Waals surface area contributed by atoms with E-state index in [1.165, 1.54) is 13.3 Å². The van der Waals surface area contributed by atoms with Crippen LogP contribution in [0.4, 0.5) is 0 Å². The largest absolute Gasteiger partial charge is 0.396 e. The van der Waals surface area contributed by atoms with Gasteiger partial charge in [-0.25, -0.2) is 4.79 Å². The first-order valence-corrected chi connectivity index (χ1v) is 5.83. The van der Waals surface area contributed by atoms with E-state index in [0.29, 0.717) is 0 Å². The average molecular weight is 272 g/mol. The van der Waals surface area contributed by atoms with E-state index in [1.807, 2.05) is 0 Å². The molecule has 0 bridgehead atoms. The molecule has 1 aliphatic rings. The van der Waals surface area contributed by atoms with Crippen LogP contribution in [0, 0.1) is 5.92 Å². The van der Waals surface area contributed by atoms with Crippen molar-refractivity contribution in [2.75, 3.05) is 20.3 Å². The van der Waals surface area contributed by atoms with Crippen molar-refractivity contribution in [2.45, 2.75) is 18.4 Å². The van der Waals surface area contributed by atoms with Gasteiger partial charge in [-0.2, -0.15) is 0 Å². The lowest BCUT2D eigenvalue weighted by molar-refractivity contribution is -0.0596. The lowest BCUT2D eigenvalue weighted by Crippen LogP contribution is -2.36. The molecule has 0 aromatic carbocycles. The molecule has 19 heavy (non-hydrogen) atoms. The standard InChI is InChI=1S/C11H16N2O6/c1-18-5-7-6(4-14)9(16)10(19-7)13-3-2-8(15)12-11(13)17/h2-3,6-7,9-10,14,16H,4-5H2,1H3,(H,12,15,17). The summed E-state index contributed by atoms with van der Waals surface area (Å²) in [6.07, 6.45) is -1.29. The van der Waals surface area contributed by atoms with Crippen molar-refractivity contribution in [1.82, 2.24) is 9.55 Å². The zero-order valence-corrected chi connectivity index (χ0v) is 10.4. The molecule has 1 aromatic heterocycles. The summed E-state index contributed by atoms with van der Waals surface area (Å²) in [6, 6.07) is 1.16. The minimum absolute atomic E-state index is 0.191. The lowest BCUT2D eigenvalue weighted by Gasteiger charge is -2.17. The fourth-order valence-electron chi connectivity index (χ4n) is 2.20. The van der Waals surface area contributed by atoms with Crippen LogP contribution < -0.4 is 11.2 Å². The molecule has 4 atom stereocenters. The van der Waals surface area contributed by atoms with Crippen molar-refractivity contribution in [1.29, 1.82) is 0 Å². The zero-order chi connectivity index (χ0) is 14.0. The van der Waals surface area contributed by atoms with E-state index in [4.69, 9.17) is 9.47 Å². The first kappa shape index (κ1) is 13.9. The Kier molecular flexibility index (Phi) is 4.15. The summed E-state index contributed by atoms with van der Waals surface area (Å²) >= 11 is 0. The third kappa shape index (κ3) is 2.61. The van der Waals surface area contributed by atoms with Crippen LogP contribution >= 0.6 is 0 Å². The second-order valence-electron chi connectivity index (χ2n) is 4.37. The minimum atomic E-state index is -1.06. The number of nitrogens with zero attached hydrogens (tertiary/aromatic N) is 1. The molecule has 0 radical (unpaired) electrons. The van der Waals surface area contributed by atoms with E-state index < -0.39 is 35.6 Å². The van der Waals surface area contributed by atoms with E-state index in [-0.39, 0.29) is 13.2 Å². The first-order chi connectivity index (χ1) is 9.08. The molecule has 8 heteroatoms. The van der Waals surface area contributed by atoms with E-state index in [9.17, 15) is 19.8 Å². The van der Waals surface area contributed by atoms with Gasteiger partial charge in [-0.15, -0.1) is 0 Å². The molecule has 0 aliphatic carbocycles. The first-order valence-electron chi connectivity index (χ1n) is 5.83. The molecule has 2 rings (SSSR count). The van der Waals surface area contributed by atoms with Gasteiger partial charge in [-0.1, -0.05) is 0 Å². The Labute approximate surface area is 108 Å². The highest BCUT2D eigenvalue weighted by Crippen LogP contribution is 2.32. The van der Waals surface area contributed by atoms with E-state index in [2.05, 4.69) is 4.98 Å². The molecule has 1 fully saturated rings. The smallest absolute Gasteiger partial charge is 0.330 e. The summed E-state index contributed by atoms with van der Waals surface area (Å²) in [5.74, 6) is -0.552. The maximum Gasteiger partial charge on any atom is 0.330 e. The molecule has 0 spiro atoms. The third-order valence-electron chi connectivity index (χ3n) is 3.19. The van der Waals surface area contributed by atoms with Crippen LogP contribution in [0.25, 0.3) is 0 Å². The van der Waals surface area contributed by atoms with E-state index in [0.717, 1.165) is 10.6 Å². The summed E-state index contributed by atoms with van der Waals surface area (Å²) in [5, 5.41) is 19.4. The molecule has 1 aromatic rings. The summed E-state index contributed by atoms with van der Waals surface area (Å²) in [6.45, 7) is -0.0965. The van der Waals surface area contributed by atoms with Gasteiger partial charge >= 0.3 is 5.69 Å². The Morgan fingerprint density at radius 2 is 2.26 bits per heavy atom. The quantitative estimate of drug-likeness (QED) is 0.587. The molecule has 0 saturated carbocycles. The molecular formula is C11H16N2O6. The molecule has 1 saturated heterocycles. The number of aromatic amines is 1.